The van der Waals surface area contributed by atoms with E-state index in [2.05, 4.69) is 10.1 Å². The molecule has 0 aliphatic heterocycles. The van der Waals surface area contributed by atoms with Gasteiger partial charge in [-0.3, -0.25) is 4.79 Å². The van der Waals surface area contributed by atoms with Gasteiger partial charge in [0.05, 0.1) is 4.88 Å². The number of carbonyl (C=O) groups is 1. The molecular formula is C18H18ClN3O2S. The van der Waals surface area contributed by atoms with Gasteiger partial charge in [-0.2, -0.15) is 4.98 Å². The van der Waals surface area contributed by atoms with Gasteiger partial charge < -0.3 is 9.42 Å². The Hall–Kier alpha value is -2.18. The van der Waals surface area contributed by atoms with E-state index in [-0.39, 0.29) is 11.9 Å². The first-order valence-corrected chi connectivity index (χ1v) is 9.23. The summed E-state index contributed by atoms with van der Waals surface area (Å²) in [5.74, 6) is 1.06. The van der Waals surface area contributed by atoms with Gasteiger partial charge in [0.1, 0.15) is 0 Å². The Morgan fingerprint density at radius 1 is 1.28 bits per heavy atom. The predicted octanol–water partition coefficient (Wildman–Crippen LogP) is 4.54. The maximum Gasteiger partial charge on any atom is 0.264 e. The van der Waals surface area contributed by atoms with Crippen LogP contribution in [-0.4, -0.2) is 33.5 Å². The summed E-state index contributed by atoms with van der Waals surface area (Å²) >= 11 is 7.34. The molecule has 7 heteroatoms. The summed E-state index contributed by atoms with van der Waals surface area (Å²) in [6.45, 7) is 4.52. The number of nitrogens with zero attached hydrogens (tertiary/aromatic N) is 3. The summed E-state index contributed by atoms with van der Waals surface area (Å²) in [6, 6.07) is 11.1. The van der Waals surface area contributed by atoms with Crippen molar-refractivity contribution in [3.05, 3.63) is 57.6 Å². The van der Waals surface area contributed by atoms with E-state index in [1.807, 2.05) is 48.4 Å². The number of benzene rings is 1. The standard InChI is InChI=1S/C18H18ClN3O2S/c1-12(2)22(18(23)15-4-3-11-25-15)10-9-16-20-17(21-24-16)13-5-7-14(19)8-6-13/h3-8,11-12H,9-10H2,1-2H3. The number of halogens is 1. The molecule has 130 valence electrons. The van der Waals surface area contributed by atoms with Gasteiger partial charge in [0, 0.05) is 29.6 Å². The molecule has 0 unspecified atom stereocenters. The highest BCUT2D eigenvalue weighted by molar-refractivity contribution is 7.12. The molecule has 3 aromatic rings. The molecule has 25 heavy (non-hydrogen) atoms. The number of carbonyl (C=O) groups excluding carboxylic acids is 1. The summed E-state index contributed by atoms with van der Waals surface area (Å²) in [6.07, 6.45) is 0.510. The topological polar surface area (TPSA) is 59.2 Å². The SMILES string of the molecule is CC(C)N(CCc1nc(-c2ccc(Cl)cc2)no1)C(=O)c1cccs1. The maximum atomic E-state index is 12.6. The molecule has 1 amide bonds. The van der Waals surface area contributed by atoms with Crippen LogP contribution in [0.15, 0.2) is 46.3 Å². The monoisotopic (exact) mass is 375 g/mol. The van der Waals surface area contributed by atoms with E-state index in [0.717, 1.165) is 10.4 Å². The molecule has 0 aliphatic carbocycles. The van der Waals surface area contributed by atoms with Gasteiger partial charge in [-0.1, -0.05) is 22.8 Å². The fraction of sp³-hybridized carbons (Fsp3) is 0.278. The van der Waals surface area contributed by atoms with Crippen molar-refractivity contribution in [1.82, 2.24) is 15.0 Å². The zero-order valence-electron chi connectivity index (χ0n) is 14.0. The van der Waals surface area contributed by atoms with E-state index in [0.29, 0.717) is 29.7 Å². The lowest BCUT2D eigenvalue weighted by atomic mass is 10.2. The number of hydrogen-bond acceptors (Lipinski definition) is 5. The molecule has 0 fully saturated rings. The fourth-order valence-electron chi connectivity index (χ4n) is 2.42. The normalized spacial score (nSPS) is 11.0. The minimum absolute atomic E-state index is 0.0300. The third-order valence-corrected chi connectivity index (χ3v) is 4.86. The zero-order chi connectivity index (χ0) is 17.8. The summed E-state index contributed by atoms with van der Waals surface area (Å²) in [5, 5.41) is 6.57. The van der Waals surface area contributed by atoms with Crippen molar-refractivity contribution in [2.45, 2.75) is 26.3 Å². The van der Waals surface area contributed by atoms with Crippen molar-refractivity contribution in [3.63, 3.8) is 0 Å². The van der Waals surface area contributed by atoms with E-state index < -0.39 is 0 Å². The van der Waals surface area contributed by atoms with E-state index in [1.165, 1.54) is 11.3 Å². The van der Waals surface area contributed by atoms with Crippen molar-refractivity contribution < 1.29 is 9.32 Å². The van der Waals surface area contributed by atoms with Crippen LogP contribution < -0.4 is 0 Å². The second kappa shape index (κ2) is 7.80. The van der Waals surface area contributed by atoms with Crippen molar-refractivity contribution >= 4 is 28.8 Å². The lowest BCUT2D eigenvalue weighted by Crippen LogP contribution is -2.38. The highest BCUT2D eigenvalue weighted by atomic mass is 35.5. The van der Waals surface area contributed by atoms with E-state index in [4.69, 9.17) is 16.1 Å². The van der Waals surface area contributed by atoms with Gasteiger partial charge in [-0.25, -0.2) is 0 Å². The Labute approximate surface area is 155 Å². The van der Waals surface area contributed by atoms with Gasteiger partial charge in [-0.15, -0.1) is 11.3 Å². The lowest BCUT2D eigenvalue weighted by Gasteiger charge is -2.25. The van der Waals surface area contributed by atoms with Crippen LogP contribution in [0.3, 0.4) is 0 Å². The number of thiophene rings is 1. The molecular weight excluding hydrogens is 358 g/mol. The Kier molecular flexibility index (Phi) is 5.50. The maximum absolute atomic E-state index is 12.6. The van der Waals surface area contributed by atoms with E-state index >= 15 is 0 Å². The van der Waals surface area contributed by atoms with Crippen molar-refractivity contribution in [2.24, 2.45) is 0 Å². The molecule has 0 radical (unpaired) electrons. The second-order valence-corrected chi connectivity index (χ2v) is 7.22. The minimum atomic E-state index is 0.0300. The molecule has 0 N–H and O–H groups in total. The van der Waals surface area contributed by atoms with Crippen molar-refractivity contribution in [2.75, 3.05) is 6.54 Å². The zero-order valence-corrected chi connectivity index (χ0v) is 15.5. The van der Waals surface area contributed by atoms with Crippen LogP contribution in [0.1, 0.15) is 29.4 Å². The first-order chi connectivity index (χ1) is 12.0. The summed E-state index contributed by atoms with van der Waals surface area (Å²) < 4.78 is 5.32. The van der Waals surface area contributed by atoms with Gasteiger partial charge >= 0.3 is 0 Å². The van der Waals surface area contributed by atoms with Gasteiger partial charge in [0.2, 0.25) is 11.7 Å². The molecule has 0 spiro atoms. The average molecular weight is 376 g/mol. The molecule has 3 rings (SSSR count). The first kappa shape index (κ1) is 17.6. The lowest BCUT2D eigenvalue weighted by molar-refractivity contribution is 0.0709. The molecule has 0 saturated heterocycles. The fourth-order valence-corrected chi connectivity index (χ4v) is 3.23. The van der Waals surface area contributed by atoms with E-state index in [1.54, 1.807) is 12.1 Å². The largest absolute Gasteiger partial charge is 0.339 e. The number of aromatic nitrogens is 2. The molecule has 0 aliphatic rings. The Balaban J connectivity index is 1.67. The Morgan fingerprint density at radius 3 is 2.68 bits per heavy atom. The number of rotatable bonds is 6. The highest BCUT2D eigenvalue weighted by Crippen LogP contribution is 2.19. The smallest absolute Gasteiger partial charge is 0.264 e. The molecule has 0 saturated carbocycles. The van der Waals surface area contributed by atoms with Crippen molar-refractivity contribution in [3.8, 4) is 11.4 Å². The van der Waals surface area contributed by atoms with Crippen LogP contribution in [0.2, 0.25) is 5.02 Å². The number of hydrogen-bond donors (Lipinski definition) is 0. The molecule has 0 bridgehead atoms. The van der Waals surface area contributed by atoms with Crippen LogP contribution >= 0.6 is 22.9 Å². The van der Waals surface area contributed by atoms with E-state index in [9.17, 15) is 4.79 Å². The third-order valence-electron chi connectivity index (χ3n) is 3.75. The minimum Gasteiger partial charge on any atom is -0.339 e. The summed E-state index contributed by atoms with van der Waals surface area (Å²) in [4.78, 5) is 19.5. The first-order valence-electron chi connectivity index (χ1n) is 7.97. The van der Waals surface area contributed by atoms with Crippen LogP contribution in [0, 0.1) is 0 Å². The van der Waals surface area contributed by atoms with Crippen LogP contribution in [0.4, 0.5) is 0 Å². The predicted molar refractivity (Wildman–Crippen MR) is 98.9 cm³/mol. The number of amides is 1. The van der Waals surface area contributed by atoms with Crippen molar-refractivity contribution in [1.29, 1.82) is 0 Å². The second-order valence-electron chi connectivity index (χ2n) is 5.84. The average Bonchev–Trinajstić information content (AvgIpc) is 3.27. The van der Waals surface area contributed by atoms with Crippen LogP contribution in [0.5, 0.6) is 0 Å². The Morgan fingerprint density at radius 2 is 2.04 bits per heavy atom. The molecule has 5 nitrogen and oxygen atoms in total. The van der Waals surface area contributed by atoms with Gasteiger partial charge in [-0.05, 0) is 49.6 Å². The highest BCUT2D eigenvalue weighted by Gasteiger charge is 2.20. The third kappa shape index (κ3) is 4.27. The molecule has 2 heterocycles. The summed E-state index contributed by atoms with van der Waals surface area (Å²) in [7, 11) is 0. The summed E-state index contributed by atoms with van der Waals surface area (Å²) in [5.41, 5.74) is 0.842. The molecule has 1 aromatic carbocycles. The quantitative estimate of drug-likeness (QED) is 0.634. The van der Waals surface area contributed by atoms with Gasteiger partial charge in [0.15, 0.2) is 0 Å². The molecule has 2 aromatic heterocycles. The Bertz CT molecular complexity index is 828. The van der Waals surface area contributed by atoms with Gasteiger partial charge in [0.25, 0.3) is 5.91 Å². The molecule has 0 atom stereocenters. The van der Waals surface area contributed by atoms with Crippen LogP contribution in [-0.2, 0) is 6.42 Å². The van der Waals surface area contributed by atoms with Crippen LogP contribution in [0.25, 0.3) is 11.4 Å².